The normalized spacial score (nSPS) is 17.4. The summed E-state index contributed by atoms with van der Waals surface area (Å²) in [6.07, 6.45) is 4.44. The van der Waals surface area contributed by atoms with Crippen molar-refractivity contribution in [2.24, 2.45) is 0 Å². The van der Waals surface area contributed by atoms with Crippen molar-refractivity contribution in [3.05, 3.63) is 4.88 Å². The van der Waals surface area contributed by atoms with Gasteiger partial charge in [0, 0.05) is 19.1 Å². The Hall–Kier alpha value is -1.30. The standard InChI is InChI=1S/C13H22N4OS/c1-4-17(3)12-15-10(14)9(19-12)11(18)16-13(2)7-5-6-8-13/h4-8,14H2,1-3H3,(H,16,18). The van der Waals surface area contributed by atoms with Crippen LogP contribution in [-0.4, -0.2) is 30.0 Å². The van der Waals surface area contributed by atoms with E-state index in [2.05, 4.69) is 17.2 Å². The Kier molecular flexibility index (Phi) is 3.99. The van der Waals surface area contributed by atoms with E-state index in [1.54, 1.807) is 0 Å². The van der Waals surface area contributed by atoms with Crippen molar-refractivity contribution in [1.29, 1.82) is 0 Å². The van der Waals surface area contributed by atoms with Crippen molar-refractivity contribution in [3.63, 3.8) is 0 Å². The first-order chi connectivity index (χ1) is 8.95. The van der Waals surface area contributed by atoms with Gasteiger partial charge >= 0.3 is 0 Å². The molecule has 0 aromatic carbocycles. The van der Waals surface area contributed by atoms with Crippen LogP contribution in [0.3, 0.4) is 0 Å². The lowest BCUT2D eigenvalue weighted by atomic mass is 10.0. The minimum absolute atomic E-state index is 0.0790. The van der Waals surface area contributed by atoms with Crippen LogP contribution in [0.1, 0.15) is 49.2 Å². The van der Waals surface area contributed by atoms with Crippen LogP contribution in [0.2, 0.25) is 0 Å². The first kappa shape index (κ1) is 14.1. The second-order valence-electron chi connectivity index (χ2n) is 5.45. The lowest BCUT2D eigenvalue weighted by Gasteiger charge is -2.24. The molecular formula is C13H22N4OS. The molecule has 0 unspecified atom stereocenters. The van der Waals surface area contributed by atoms with Gasteiger partial charge in [0.15, 0.2) is 5.13 Å². The van der Waals surface area contributed by atoms with Crippen LogP contribution in [0.4, 0.5) is 10.9 Å². The van der Waals surface area contributed by atoms with Gasteiger partial charge < -0.3 is 16.0 Å². The molecule has 0 radical (unpaired) electrons. The number of nitrogen functional groups attached to an aromatic ring is 1. The van der Waals surface area contributed by atoms with E-state index in [-0.39, 0.29) is 11.4 Å². The van der Waals surface area contributed by atoms with Crippen LogP contribution in [0.15, 0.2) is 0 Å². The Morgan fingerprint density at radius 1 is 1.53 bits per heavy atom. The summed E-state index contributed by atoms with van der Waals surface area (Å²) in [6, 6.07) is 0. The fourth-order valence-electron chi connectivity index (χ4n) is 2.39. The van der Waals surface area contributed by atoms with Crippen LogP contribution in [0.25, 0.3) is 0 Å². The molecule has 0 atom stereocenters. The van der Waals surface area contributed by atoms with E-state index in [4.69, 9.17) is 5.73 Å². The van der Waals surface area contributed by atoms with Crippen LogP contribution in [-0.2, 0) is 0 Å². The van der Waals surface area contributed by atoms with E-state index in [9.17, 15) is 4.79 Å². The number of nitrogens with zero attached hydrogens (tertiary/aromatic N) is 2. The molecule has 3 N–H and O–H groups in total. The molecule has 5 nitrogen and oxygen atoms in total. The molecule has 1 aliphatic carbocycles. The number of thiazole rings is 1. The topological polar surface area (TPSA) is 71.2 Å². The van der Waals surface area contributed by atoms with Gasteiger partial charge in [-0.15, -0.1) is 0 Å². The third-order valence-electron chi connectivity index (χ3n) is 3.77. The van der Waals surface area contributed by atoms with Crippen molar-refractivity contribution in [1.82, 2.24) is 10.3 Å². The summed E-state index contributed by atoms with van der Waals surface area (Å²) in [5.41, 5.74) is 5.78. The summed E-state index contributed by atoms with van der Waals surface area (Å²) in [5, 5.41) is 3.91. The molecule has 0 saturated heterocycles. The average molecular weight is 282 g/mol. The number of amides is 1. The van der Waals surface area contributed by atoms with Crippen molar-refractivity contribution < 1.29 is 4.79 Å². The van der Waals surface area contributed by atoms with Gasteiger partial charge in [-0.05, 0) is 26.7 Å². The quantitative estimate of drug-likeness (QED) is 0.888. The highest BCUT2D eigenvalue weighted by Crippen LogP contribution is 2.31. The molecule has 2 rings (SSSR count). The lowest BCUT2D eigenvalue weighted by Crippen LogP contribution is -2.43. The molecule has 1 aliphatic rings. The number of hydrogen-bond donors (Lipinski definition) is 2. The zero-order valence-corrected chi connectivity index (χ0v) is 12.6. The molecule has 19 heavy (non-hydrogen) atoms. The lowest BCUT2D eigenvalue weighted by molar-refractivity contribution is 0.0913. The molecule has 1 amide bonds. The predicted molar refractivity (Wildman–Crippen MR) is 79.8 cm³/mol. The highest BCUT2D eigenvalue weighted by Gasteiger charge is 2.31. The fraction of sp³-hybridized carbons (Fsp3) is 0.692. The van der Waals surface area contributed by atoms with Crippen LogP contribution in [0, 0.1) is 0 Å². The van der Waals surface area contributed by atoms with E-state index >= 15 is 0 Å². The van der Waals surface area contributed by atoms with Gasteiger partial charge in [0.25, 0.3) is 5.91 Å². The Morgan fingerprint density at radius 2 is 2.16 bits per heavy atom. The number of nitrogens with two attached hydrogens (primary N) is 1. The van der Waals surface area contributed by atoms with Gasteiger partial charge in [-0.1, -0.05) is 24.2 Å². The van der Waals surface area contributed by atoms with E-state index in [1.165, 1.54) is 24.2 Å². The second kappa shape index (κ2) is 5.36. The predicted octanol–water partition coefficient (Wildman–Crippen LogP) is 2.24. The van der Waals surface area contributed by atoms with E-state index in [1.807, 2.05) is 18.9 Å². The van der Waals surface area contributed by atoms with Crippen LogP contribution < -0.4 is 16.0 Å². The molecule has 1 heterocycles. The Bertz CT molecular complexity index is 465. The maximum absolute atomic E-state index is 12.3. The third kappa shape index (κ3) is 3.00. The van der Waals surface area contributed by atoms with Crippen molar-refractivity contribution in [2.45, 2.75) is 45.1 Å². The number of rotatable bonds is 4. The summed E-state index contributed by atoms with van der Waals surface area (Å²) in [6.45, 7) is 4.98. The fourth-order valence-corrected chi connectivity index (χ4v) is 3.30. The highest BCUT2D eigenvalue weighted by atomic mass is 32.1. The number of carbonyl (C=O) groups is 1. The largest absolute Gasteiger partial charge is 0.382 e. The van der Waals surface area contributed by atoms with Crippen molar-refractivity contribution >= 4 is 28.2 Å². The number of carbonyl (C=O) groups excluding carboxylic acids is 1. The Labute approximate surface area is 118 Å². The van der Waals surface area contributed by atoms with Gasteiger partial charge in [-0.2, -0.15) is 0 Å². The van der Waals surface area contributed by atoms with Crippen molar-refractivity contribution in [2.75, 3.05) is 24.2 Å². The van der Waals surface area contributed by atoms with E-state index in [0.717, 1.165) is 24.5 Å². The monoisotopic (exact) mass is 282 g/mol. The highest BCUT2D eigenvalue weighted by molar-refractivity contribution is 7.18. The van der Waals surface area contributed by atoms with E-state index in [0.29, 0.717) is 10.7 Å². The maximum atomic E-state index is 12.3. The number of anilines is 2. The van der Waals surface area contributed by atoms with Crippen molar-refractivity contribution in [3.8, 4) is 0 Å². The molecule has 1 fully saturated rings. The molecular weight excluding hydrogens is 260 g/mol. The SMILES string of the molecule is CCN(C)c1nc(N)c(C(=O)NC2(C)CCCC2)s1. The summed E-state index contributed by atoms with van der Waals surface area (Å²) < 4.78 is 0. The third-order valence-corrected chi connectivity index (χ3v) is 4.96. The first-order valence-corrected chi connectivity index (χ1v) is 7.57. The average Bonchev–Trinajstić information content (AvgIpc) is 2.95. The maximum Gasteiger partial charge on any atom is 0.265 e. The van der Waals surface area contributed by atoms with Gasteiger partial charge in [-0.25, -0.2) is 4.98 Å². The summed E-state index contributed by atoms with van der Waals surface area (Å²) in [7, 11) is 1.94. The summed E-state index contributed by atoms with van der Waals surface area (Å²) in [4.78, 5) is 19.1. The van der Waals surface area contributed by atoms with E-state index < -0.39 is 0 Å². The zero-order valence-electron chi connectivity index (χ0n) is 11.8. The van der Waals surface area contributed by atoms with Gasteiger partial charge in [0.1, 0.15) is 10.7 Å². The Morgan fingerprint density at radius 3 is 2.74 bits per heavy atom. The second-order valence-corrected chi connectivity index (χ2v) is 6.42. The van der Waals surface area contributed by atoms with Crippen LogP contribution in [0.5, 0.6) is 0 Å². The molecule has 6 heteroatoms. The smallest absolute Gasteiger partial charge is 0.265 e. The molecule has 1 aromatic rings. The molecule has 0 spiro atoms. The number of aromatic nitrogens is 1. The summed E-state index contributed by atoms with van der Waals surface area (Å²) in [5.74, 6) is 0.245. The minimum atomic E-state index is -0.0878. The number of hydrogen-bond acceptors (Lipinski definition) is 5. The van der Waals surface area contributed by atoms with Crippen LogP contribution >= 0.6 is 11.3 Å². The first-order valence-electron chi connectivity index (χ1n) is 6.75. The Balaban J connectivity index is 2.13. The number of nitrogens with one attached hydrogen (secondary N) is 1. The zero-order chi connectivity index (χ0) is 14.0. The molecule has 106 valence electrons. The molecule has 0 aliphatic heterocycles. The molecule has 1 saturated carbocycles. The molecule has 1 aromatic heterocycles. The summed E-state index contributed by atoms with van der Waals surface area (Å²) >= 11 is 1.36. The van der Waals surface area contributed by atoms with Gasteiger partial charge in [0.05, 0.1) is 0 Å². The van der Waals surface area contributed by atoms with Gasteiger partial charge in [0.2, 0.25) is 0 Å². The molecule has 0 bridgehead atoms. The van der Waals surface area contributed by atoms with Gasteiger partial charge in [-0.3, -0.25) is 4.79 Å². The minimum Gasteiger partial charge on any atom is -0.382 e.